The Kier molecular flexibility index (Phi) is 2.85. The second-order valence-electron chi connectivity index (χ2n) is 3.48. The monoisotopic (exact) mass is 220 g/mol. The molecule has 0 aromatic carbocycles. The van der Waals surface area contributed by atoms with Crippen LogP contribution in [-0.4, -0.2) is 23.5 Å². The van der Waals surface area contributed by atoms with Gasteiger partial charge in [0.2, 0.25) is 5.91 Å². The first-order valence-electron chi connectivity index (χ1n) is 5.11. The Hall–Kier alpha value is -1.91. The molecule has 0 saturated heterocycles. The summed E-state index contributed by atoms with van der Waals surface area (Å²) in [5.74, 6) is -1.67. The van der Waals surface area contributed by atoms with Crippen molar-refractivity contribution >= 4 is 11.9 Å². The van der Waals surface area contributed by atoms with Crippen molar-refractivity contribution in [1.82, 2.24) is 10.3 Å². The van der Waals surface area contributed by atoms with E-state index in [0.29, 0.717) is 12.1 Å². The summed E-state index contributed by atoms with van der Waals surface area (Å²) in [6.07, 6.45) is 3.23. The van der Waals surface area contributed by atoms with E-state index in [-0.39, 0.29) is 12.5 Å². The largest absolute Gasteiger partial charge is 0.465 e. The fourth-order valence-corrected chi connectivity index (χ4v) is 1.75. The average molecular weight is 220 g/mol. The smallest absolute Gasteiger partial charge is 0.323 e. The first kappa shape index (κ1) is 10.6. The molecule has 1 aromatic rings. The van der Waals surface area contributed by atoms with Gasteiger partial charge in [0.25, 0.3) is 0 Å². The zero-order chi connectivity index (χ0) is 11.5. The Bertz CT molecular complexity index is 431. The van der Waals surface area contributed by atoms with Crippen LogP contribution in [0, 0.1) is 0 Å². The molecule has 1 amide bonds. The standard InChI is InChI=1S/C11H12N2O3/c1-2-16-11(15)9-8-3-4-12-5-7(8)6-13-10(9)14/h3-5,9H,2,6H2,1H3,(H,13,14)/t9-/m0/s1. The molecular weight excluding hydrogens is 208 g/mol. The van der Waals surface area contributed by atoms with E-state index in [0.717, 1.165) is 5.56 Å². The molecule has 0 fully saturated rings. The molecule has 0 saturated carbocycles. The second kappa shape index (κ2) is 4.30. The van der Waals surface area contributed by atoms with E-state index >= 15 is 0 Å². The summed E-state index contributed by atoms with van der Waals surface area (Å²) in [5.41, 5.74) is 1.55. The predicted octanol–water partition coefficient (Wildman–Crippen LogP) is 0.358. The lowest BCUT2D eigenvalue weighted by Crippen LogP contribution is -2.39. The molecule has 0 aliphatic carbocycles. The van der Waals surface area contributed by atoms with Crippen molar-refractivity contribution in [3.63, 3.8) is 0 Å². The molecule has 0 spiro atoms. The second-order valence-corrected chi connectivity index (χ2v) is 3.48. The van der Waals surface area contributed by atoms with E-state index in [1.165, 1.54) is 0 Å². The third-order valence-corrected chi connectivity index (χ3v) is 2.49. The van der Waals surface area contributed by atoms with Crippen LogP contribution >= 0.6 is 0 Å². The van der Waals surface area contributed by atoms with Crippen molar-refractivity contribution in [2.24, 2.45) is 0 Å². The molecule has 0 radical (unpaired) electrons. The molecule has 0 bridgehead atoms. The van der Waals surface area contributed by atoms with Gasteiger partial charge in [0.15, 0.2) is 5.92 Å². The summed E-state index contributed by atoms with van der Waals surface area (Å²) in [4.78, 5) is 27.3. The molecule has 1 aliphatic rings. The Morgan fingerprint density at radius 2 is 2.50 bits per heavy atom. The van der Waals surface area contributed by atoms with Crippen LogP contribution in [0.5, 0.6) is 0 Å². The van der Waals surface area contributed by atoms with Gasteiger partial charge in [-0.3, -0.25) is 14.6 Å². The van der Waals surface area contributed by atoms with Crippen LogP contribution in [0.15, 0.2) is 18.5 Å². The number of carbonyl (C=O) groups is 2. The van der Waals surface area contributed by atoms with Gasteiger partial charge in [0.05, 0.1) is 6.61 Å². The molecule has 1 aromatic heterocycles. The molecule has 1 aliphatic heterocycles. The quantitative estimate of drug-likeness (QED) is 0.577. The van der Waals surface area contributed by atoms with Crippen LogP contribution in [0.2, 0.25) is 0 Å². The number of rotatable bonds is 2. The first-order valence-corrected chi connectivity index (χ1v) is 5.11. The number of hydrogen-bond donors (Lipinski definition) is 1. The molecule has 0 unspecified atom stereocenters. The summed E-state index contributed by atoms with van der Waals surface area (Å²) < 4.78 is 4.89. The molecule has 5 nitrogen and oxygen atoms in total. The molecule has 16 heavy (non-hydrogen) atoms. The highest BCUT2D eigenvalue weighted by atomic mass is 16.5. The number of carbonyl (C=O) groups excluding carboxylic acids is 2. The number of aromatic nitrogens is 1. The van der Waals surface area contributed by atoms with Crippen LogP contribution < -0.4 is 5.32 Å². The highest BCUT2D eigenvalue weighted by Crippen LogP contribution is 2.24. The highest BCUT2D eigenvalue weighted by Gasteiger charge is 2.34. The van der Waals surface area contributed by atoms with Crippen LogP contribution in [0.1, 0.15) is 24.0 Å². The fourth-order valence-electron chi connectivity index (χ4n) is 1.75. The van der Waals surface area contributed by atoms with Crippen molar-refractivity contribution in [1.29, 1.82) is 0 Å². The minimum atomic E-state index is -0.855. The van der Waals surface area contributed by atoms with E-state index in [2.05, 4.69) is 10.3 Å². The minimum absolute atomic E-state index is 0.267. The Morgan fingerprint density at radius 1 is 1.69 bits per heavy atom. The lowest BCUT2D eigenvalue weighted by Gasteiger charge is -2.23. The van der Waals surface area contributed by atoms with Crippen molar-refractivity contribution < 1.29 is 14.3 Å². The molecule has 2 rings (SSSR count). The molecule has 1 atom stereocenters. The number of pyridine rings is 1. The van der Waals surface area contributed by atoms with Gasteiger partial charge in [-0.2, -0.15) is 0 Å². The lowest BCUT2D eigenvalue weighted by molar-refractivity contribution is -0.148. The third-order valence-electron chi connectivity index (χ3n) is 2.49. The van der Waals surface area contributed by atoms with Gasteiger partial charge in [-0.05, 0) is 24.1 Å². The van der Waals surface area contributed by atoms with E-state index in [1.807, 2.05) is 0 Å². The Morgan fingerprint density at radius 3 is 3.25 bits per heavy atom. The van der Waals surface area contributed by atoms with Crippen molar-refractivity contribution in [2.75, 3.05) is 6.61 Å². The zero-order valence-corrected chi connectivity index (χ0v) is 8.90. The number of fused-ring (bicyclic) bond motifs is 1. The third kappa shape index (κ3) is 1.76. The van der Waals surface area contributed by atoms with Gasteiger partial charge < -0.3 is 10.1 Å². The van der Waals surface area contributed by atoms with Crippen LogP contribution in [0.4, 0.5) is 0 Å². The number of amides is 1. The predicted molar refractivity (Wildman–Crippen MR) is 55.5 cm³/mol. The summed E-state index contributed by atoms with van der Waals surface area (Å²) in [6, 6.07) is 1.69. The Balaban J connectivity index is 2.37. The molecular formula is C11H12N2O3. The highest BCUT2D eigenvalue weighted by molar-refractivity contribution is 6.04. The van der Waals surface area contributed by atoms with Crippen LogP contribution in [0.25, 0.3) is 0 Å². The maximum absolute atomic E-state index is 11.7. The number of esters is 1. The van der Waals surface area contributed by atoms with Gasteiger partial charge in [0.1, 0.15) is 0 Å². The first-order chi connectivity index (χ1) is 7.74. The number of ether oxygens (including phenoxy) is 1. The molecule has 1 N–H and O–H groups in total. The topological polar surface area (TPSA) is 68.3 Å². The lowest BCUT2D eigenvalue weighted by atomic mass is 9.92. The Labute approximate surface area is 92.8 Å². The van der Waals surface area contributed by atoms with Gasteiger partial charge in [-0.15, -0.1) is 0 Å². The van der Waals surface area contributed by atoms with Crippen LogP contribution in [-0.2, 0) is 20.9 Å². The van der Waals surface area contributed by atoms with Gasteiger partial charge in [-0.1, -0.05) is 0 Å². The van der Waals surface area contributed by atoms with Crippen LogP contribution in [0.3, 0.4) is 0 Å². The minimum Gasteiger partial charge on any atom is -0.465 e. The summed E-state index contributed by atoms with van der Waals surface area (Å²) in [5, 5.41) is 2.65. The summed E-state index contributed by atoms with van der Waals surface area (Å²) in [7, 11) is 0. The van der Waals surface area contributed by atoms with E-state index in [1.54, 1.807) is 25.4 Å². The van der Waals surface area contributed by atoms with Crippen molar-refractivity contribution in [3.8, 4) is 0 Å². The molecule has 84 valence electrons. The van der Waals surface area contributed by atoms with E-state index in [4.69, 9.17) is 4.74 Å². The normalized spacial score (nSPS) is 18.6. The van der Waals surface area contributed by atoms with Gasteiger partial charge in [-0.25, -0.2) is 0 Å². The molecule has 2 heterocycles. The number of nitrogens with zero attached hydrogens (tertiary/aromatic N) is 1. The number of hydrogen-bond acceptors (Lipinski definition) is 4. The van der Waals surface area contributed by atoms with Crippen molar-refractivity contribution in [2.45, 2.75) is 19.4 Å². The van der Waals surface area contributed by atoms with E-state index < -0.39 is 11.9 Å². The summed E-state index contributed by atoms with van der Waals surface area (Å²) in [6.45, 7) is 2.40. The fraction of sp³-hybridized carbons (Fsp3) is 0.364. The van der Waals surface area contributed by atoms with Crippen molar-refractivity contribution in [3.05, 3.63) is 29.6 Å². The van der Waals surface area contributed by atoms with E-state index in [9.17, 15) is 9.59 Å². The molecule has 5 heteroatoms. The maximum atomic E-state index is 11.7. The maximum Gasteiger partial charge on any atom is 0.323 e. The zero-order valence-electron chi connectivity index (χ0n) is 8.90. The van der Waals surface area contributed by atoms with Gasteiger partial charge >= 0.3 is 5.97 Å². The van der Waals surface area contributed by atoms with Gasteiger partial charge in [0, 0.05) is 18.9 Å². The summed E-state index contributed by atoms with van der Waals surface area (Å²) >= 11 is 0. The average Bonchev–Trinajstić information content (AvgIpc) is 2.29. The SMILES string of the molecule is CCOC(=O)[C@@H]1C(=O)NCc2cnccc21. The number of nitrogens with one attached hydrogen (secondary N) is 1.